The third kappa shape index (κ3) is 2.39. The minimum absolute atomic E-state index is 0.0880. The van der Waals surface area contributed by atoms with Crippen molar-refractivity contribution in [3.05, 3.63) is 58.1 Å². The highest BCUT2D eigenvalue weighted by molar-refractivity contribution is 6.15. The number of benzene rings is 2. The monoisotopic (exact) mass is 269 g/mol. The summed E-state index contributed by atoms with van der Waals surface area (Å²) >= 11 is 0. The smallest absolute Gasteiger partial charge is 0.199 e. The predicted molar refractivity (Wildman–Crippen MR) is 81.5 cm³/mol. The zero-order valence-corrected chi connectivity index (χ0v) is 12.3. The van der Waals surface area contributed by atoms with Gasteiger partial charge in [0.1, 0.15) is 5.75 Å². The number of anilines is 1. The van der Waals surface area contributed by atoms with E-state index in [2.05, 4.69) is 0 Å². The Balaban J connectivity index is 2.64. The van der Waals surface area contributed by atoms with Crippen LogP contribution in [0.3, 0.4) is 0 Å². The lowest BCUT2D eigenvalue weighted by Crippen LogP contribution is -2.11. The van der Waals surface area contributed by atoms with E-state index in [1.807, 2.05) is 32.9 Å². The van der Waals surface area contributed by atoms with Crippen LogP contribution in [0.25, 0.3) is 0 Å². The van der Waals surface area contributed by atoms with Crippen molar-refractivity contribution in [2.24, 2.45) is 0 Å². The van der Waals surface area contributed by atoms with E-state index in [1.54, 1.807) is 25.3 Å². The number of nitrogens with two attached hydrogens (primary N) is 1. The van der Waals surface area contributed by atoms with Crippen molar-refractivity contribution in [3.63, 3.8) is 0 Å². The van der Waals surface area contributed by atoms with Crippen LogP contribution in [0.15, 0.2) is 30.3 Å². The number of ketones is 1. The molecule has 0 aliphatic carbocycles. The summed E-state index contributed by atoms with van der Waals surface area (Å²) in [5, 5.41) is 0. The van der Waals surface area contributed by atoms with Gasteiger partial charge in [0.25, 0.3) is 0 Å². The maximum absolute atomic E-state index is 12.8. The lowest BCUT2D eigenvalue weighted by Gasteiger charge is -2.14. The molecular weight excluding hydrogens is 250 g/mol. The first-order chi connectivity index (χ1) is 9.45. The second-order valence-electron chi connectivity index (χ2n) is 5.03. The Labute approximate surface area is 119 Å². The van der Waals surface area contributed by atoms with Crippen LogP contribution >= 0.6 is 0 Å². The summed E-state index contributed by atoms with van der Waals surface area (Å²) in [4.78, 5) is 12.8. The largest absolute Gasteiger partial charge is 0.496 e. The molecule has 0 unspecified atom stereocenters. The second-order valence-corrected chi connectivity index (χ2v) is 5.03. The summed E-state index contributed by atoms with van der Waals surface area (Å²) < 4.78 is 5.27. The van der Waals surface area contributed by atoms with E-state index in [4.69, 9.17) is 10.5 Å². The summed E-state index contributed by atoms with van der Waals surface area (Å²) in [7, 11) is 1.54. The molecule has 0 atom stereocenters. The molecular formula is C17H19NO2. The molecule has 0 amide bonds. The van der Waals surface area contributed by atoms with E-state index in [1.165, 1.54) is 0 Å². The van der Waals surface area contributed by atoms with Gasteiger partial charge in [-0.3, -0.25) is 4.79 Å². The second kappa shape index (κ2) is 5.37. The molecule has 0 saturated heterocycles. The molecule has 2 N–H and O–H groups in total. The highest BCUT2D eigenvalue weighted by atomic mass is 16.5. The van der Waals surface area contributed by atoms with Gasteiger partial charge in [0, 0.05) is 11.3 Å². The molecule has 0 aliphatic heterocycles. The summed E-state index contributed by atoms with van der Waals surface area (Å²) in [6.45, 7) is 5.91. The first-order valence-corrected chi connectivity index (χ1v) is 6.50. The SMILES string of the molecule is COc1cccc(N)c1C(=O)c1c(C)cc(C)cc1C. The summed E-state index contributed by atoms with van der Waals surface area (Å²) in [5.41, 5.74) is 10.6. The Hall–Kier alpha value is -2.29. The predicted octanol–water partition coefficient (Wildman–Crippen LogP) is 3.43. The summed E-state index contributed by atoms with van der Waals surface area (Å²) in [6.07, 6.45) is 0. The van der Waals surface area contributed by atoms with Crippen LogP contribution in [0.1, 0.15) is 32.6 Å². The van der Waals surface area contributed by atoms with Crippen molar-refractivity contribution >= 4 is 11.5 Å². The quantitative estimate of drug-likeness (QED) is 0.686. The molecule has 2 aromatic rings. The Morgan fingerprint density at radius 1 is 1.05 bits per heavy atom. The van der Waals surface area contributed by atoms with Crippen molar-refractivity contribution in [1.29, 1.82) is 0 Å². The molecule has 0 aromatic heterocycles. The molecule has 3 nitrogen and oxygen atoms in total. The van der Waals surface area contributed by atoms with Crippen LogP contribution in [-0.4, -0.2) is 12.9 Å². The molecule has 0 bridgehead atoms. The lowest BCUT2D eigenvalue weighted by molar-refractivity contribution is 0.103. The van der Waals surface area contributed by atoms with Gasteiger partial charge < -0.3 is 10.5 Å². The maximum atomic E-state index is 12.8. The molecule has 0 heterocycles. The Morgan fingerprint density at radius 3 is 2.20 bits per heavy atom. The summed E-state index contributed by atoms with van der Waals surface area (Å²) in [5.74, 6) is 0.421. The fraction of sp³-hybridized carbons (Fsp3) is 0.235. The van der Waals surface area contributed by atoms with Crippen LogP contribution in [0, 0.1) is 20.8 Å². The van der Waals surface area contributed by atoms with Crippen LogP contribution in [-0.2, 0) is 0 Å². The fourth-order valence-electron chi connectivity index (χ4n) is 2.62. The average Bonchev–Trinajstić information content (AvgIpc) is 2.36. The number of methoxy groups -OCH3 is 1. The van der Waals surface area contributed by atoms with E-state index >= 15 is 0 Å². The van der Waals surface area contributed by atoms with Gasteiger partial charge in [0.05, 0.1) is 12.7 Å². The fourth-order valence-corrected chi connectivity index (χ4v) is 2.62. The van der Waals surface area contributed by atoms with Crippen molar-refractivity contribution in [2.45, 2.75) is 20.8 Å². The van der Waals surface area contributed by atoms with Gasteiger partial charge in [0.15, 0.2) is 5.78 Å². The normalized spacial score (nSPS) is 10.4. The number of hydrogen-bond donors (Lipinski definition) is 1. The van der Waals surface area contributed by atoms with E-state index in [-0.39, 0.29) is 5.78 Å². The van der Waals surface area contributed by atoms with Crippen molar-refractivity contribution < 1.29 is 9.53 Å². The standard InChI is InChI=1S/C17H19NO2/c1-10-8-11(2)15(12(3)9-10)17(19)16-13(18)6-5-7-14(16)20-4/h5-9H,18H2,1-4H3. The van der Waals surface area contributed by atoms with E-state index in [0.29, 0.717) is 22.6 Å². The topological polar surface area (TPSA) is 52.3 Å². The number of ether oxygens (including phenoxy) is 1. The zero-order chi connectivity index (χ0) is 14.9. The van der Waals surface area contributed by atoms with Gasteiger partial charge in [0.2, 0.25) is 0 Å². The van der Waals surface area contributed by atoms with Crippen molar-refractivity contribution in [3.8, 4) is 5.75 Å². The number of hydrogen-bond acceptors (Lipinski definition) is 3. The van der Waals surface area contributed by atoms with Gasteiger partial charge in [-0.05, 0) is 44.0 Å². The average molecular weight is 269 g/mol. The molecule has 0 radical (unpaired) electrons. The van der Waals surface area contributed by atoms with Gasteiger partial charge in [-0.1, -0.05) is 23.8 Å². The molecule has 20 heavy (non-hydrogen) atoms. The molecule has 2 aromatic carbocycles. The van der Waals surface area contributed by atoms with Crippen LogP contribution in [0.4, 0.5) is 5.69 Å². The molecule has 0 saturated carbocycles. The van der Waals surface area contributed by atoms with Gasteiger partial charge in [-0.2, -0.15) is 0 Å². The highest BCUT2D eigenvalue weighted by Gasteiger charge is 2.21. The lowest BCUT2D eigenvalue weighted by atomic mass is 9.92. The zero-order valence-electron chi connectivity index (χ0n) is 12.3. The molecule has 0 fully saturated rings. The van der Waals surface area contributed by atoms with Gasteiger partial charge in [-0.25, -0.2) is 0 Å². The van der Waals surface area contributed by atoms with Crippen LogP contribution in [0.5, 0.6) is 5.75 Å². The molecule has 2 rings (SSSR count). The number of rotatable bonds is 3. The Bertz CT molecular complexity index is 652. The molecule has 104 valence electrons. The van der Waals surface area contributed by atoms with Gasteiger partial charge in [-0.15, -0.1) is 0 Å². The summed E-state index contributed by atoms with van der Waals surface area (Å²) in [6, 6.07) is 9.26. The minimum Gasteiger partial charge on any atom is -0.496 e. The minimum atomic E-state index is -0.0880. The van der Waals surface area contributed by atoms with E-state index in [0.717, 1.165) is 16.7 Å². The molecule has 3 heteroatoms. The first kappa shape index (κ1) is 14.1. The highest BCUT2D eigenvalue weighted by Crippen LogP contribution is 2.29. The Morgan fingerprint density at radius 2 is 1.65 bits per heavy atom. The van der Waals surface area contributed by atoms with E-state index < -0.39 is 0 Å². The third-order valence-electron chi connectivity index (χ3n) is 3.41. The number of carbonyl (C=O) groups is 1. The number of aryl methyl sites for hydroxylation is 3. The number of carbonyl (C=O) groups excluding carboxylic acids is 1. The van der Waals surface area contributed by atoms with Gasteiger partial charge >= 0.3 is 0 Å². The Kier molecular flexibility index (Phi) is 3.79. The van der Waals surface area contributed by atoms with Crippen LogP contribution in [0.2, 0.25) is 0 Å². The molecule has 0 aliphatic rings. The van der Waals surface area contributed by atoms with E-state index in [9.17, 15) is 4.79 Å². The maximum Gasteiger partial charge on any atom is 0.199 e. The third-order valence-corrected chi connectivity index (χ3v) is 3.41. The van der Waals surface area contributed by atoms with Crippen molar-refractivity contribution in [1.82, 2.24) is 0 Å². The van der Waals surface area contributed by atoms with Crippen molar-refractivity contribution in [2.75, 3.05) is 12.8 Å². The first-order valence-electron chi connectivity index (χ1n) is 6.50. The van der Waals surface area contributed by atoms with Crippen LogP contribution < -0.4 is 10.5 Å². The number of nitrogen functional groups attached to an aromatic ring is 1. The molecule has 0 spiro atoms.